The number of aromatic nitrogens is 3. The predicted molar refractivity (Wildman–Crippen MR) is 127 cm³/mol. The summed E-state index contributed by atoms with van der Waals surface area (Å²) < 4.78 is 5.20. The molecule has 1 aliphatic heterocycles. The molecule has 3 aromatic heterocycles. The van der Waals surface area contributed by atoms with Gasteiger partial charge in [-0.05, 0) is 49.6 Å². The fourth-order valence-corrected chi connectivity index (χ4v) is 4.61. The number of aryl methyl sites for hydroxylation is 1. The Morgan fingerprint density at radius 2 is 1.84 bits per heavy atom. The molecule has 32 heavy (non-hydrogen) atoms. The predicted octanol–water partition coefficient (Wildman–Crippen LogP) is 4.57. The third-order valence-corrected chi connectivity index (χ3v) is 6.25. The molecule has 0 aliphatic carbocycles. The smallest absolute Gasteiger partial charge is 0.212 e. The van der Waals surface area contributed by atoms with Crippen LogP contribution in [0.15, 0.2) is 54.9 Å². The van der Waals surface area contributed by atoms with Gasteiger partial charge in [0.1, 0.15) is 5.65 Å². The third-order valence-electron chi connectivity index (χ3n) is 6.25. The number of pyridine rings is 2. The zero-order valence-electron chi connectivity index (χ0n) is 18.5. The first-order valence-corrected chi connectivity index (χ1v) is 11.1. The highest BCUT2D eigenvalue weighted by Crippen LogP contribution is 2.34. The standard InChI is InChI=1S/C26H28N4O2/c1-17-25(20-9-10-24(32-2)27-13-20)23-12-21(14-28-26(23)29-17)19-7-5-18(6-8-19)15-30-11-3-4-22(31)16-30/h5-10,12-14,22,31H,3-4,11,15-16H2,1-2H3,(H,28,29). The minimum atomic E-state index is -0.194. The van der Waals surface area contributed by atoms with Crippen molar-refractivity contribution < 1.29 is 9.84 Å². The van der Waals surface area contributed by atoms with Gasteiger partial charge in [0.05, 0.1) is 13.2 Å². The summed E-state index contributed by atoms with van der Waals surface area (Å²) in [4.78, 5) is 14.8. The summed E-state index contributed by atoms with van der Waals surface area (Å²) in [7, 11) is 1.62. The Bertz CT molecular complexity index is 1220. The molecule has 0 bridgehead atoms. The molecular formula is C26H28N4O2. The molecule has 1 aromatic carbocycles. The van der Waals surface area contributed by atoms with Crippen molar-refractivity contribution >= 4 is 11.0 Å². The van der Waals surface area contributed by atoms with Gasteiger partial charge in [-0.2, -0.15) is 0 Å². The number of methoxy groups -OCH3 is 1. The number of fused-ring (bicyclic) bond motifs is 1. The maximum atomic E-state index is 9.91. The van der Waals surface area contributed by atoms with Crippen molar-refractivity contribution in [1.82, 2.24) is 19.9 Å². The Balaban J connectivity index is 1.43. The summed E-state index contributed by atoms with van der Waals surface area (Å²) in [6.07, 6.45) is 5.55. The van der Waals surface area contributed by atoms with E-state index in [9.17, 15) is 5.11 Å². The average molecular weight is 429 g/mol. The highest BCUT2D eigenvalue weighted by Gasteiger charge is 2.18. The van der Waals surface area contributed by atoms with Crippen LogP contribution in [0.3, 0.4) is 0 Å². The lowest BCUT2D eigenvalue weighted by atomic mass is 10.0. The van der Waals surface area contributed by atoms with Gasteiger partial charge in [0.25, 0.3) is 0 Å². The van der Waals surface area contributed by atoms with E-state index in [1.54, 1.807) is 7.11 Å². The maximum Gasteiger partial charge on any atom is 0.212 e. The maximum absolute atomic E-state index is 9.91. The first-order chi connectivity index (χ1) is 15.6. The molecule has 1 atom stereocenters. The van der Waals surface area contributed by atoms with Crippen molar-refractivity contribution in [2.24, 2.45) is 0 Å². The van der Waals surface area contributed by atoms with Crippen LogP contribution < -0.4 is 4.74 Å². The summed E-state index contributed by atoms with van der Waals surface area (Å²) in [6, 6.07) is 14.8. The van der Waals surface area contributed by atoms with Gasteiger partial charge >= 0.3 is 0 Å². The molecule has 0 radical (unpaired) electrons. The Hall–Kier alpha value is -3.22. The van der Waals surface area contributed by atoms with E-state index in [0.29, 0.717) is 5.88 Å². The summed E-state index contributed by atoms with van der Waals surface area (Å²) in [6.45, 7) is 4.75. The van der Waals surface area contributed by atoms with Crippen molar-refractivity contribution in [3.05, 3.63) is 66.1 Å². The number of rotatable bonds is 5. The molecule has 1 fully saturated rings. The molecular weight excluding hydrogens is 400 g/mol. The van der Waals surface area contributed by atoms with Crippen molar-refractivity contribution in [3.63, 3.8) is 0 Å². The Labute approximate surface area is 187 Å². The Morgan fingerprint density at radius 3 is 2.56 bits per heavy atom. The fraction of sp³-hybridized carbons (Fsp3) is 0.308. The molecule has 2 N–H and O–H groups in total. The fourth-order valence-electron chi connectivity index (χ4n) is 4.61. The van der Waals surface area contributed by atoms with Gasteiger partial charge in [-0.3, -0.25) is 4.90 Å². The second kappa shape index (κ2) is 8.73. The van der Waals surface area contributed by atoms with E-state index >= 15 is 0 Å². The topological polar surface area (TPSA) is 74.3 Å². The van der Waals surface area contributed by atoms with Gasteiger partial charge in [0.15, 0.2) is 0 Å². The van der Waals surface area contributed by atoms with Crippen LogP contribution >= 0.6 is 0 Å². The number of piperidine rings is 1. The van der Waals surface area contributed by atoms with Crippen molar-refractivity contribution in [3.8, 4) is 28.1 Å². The van der Waals surface area contributed by atoms with Gasteiger partial charge in [-0.1, -0.05) is 24.3 Å². The first kappa shape index (κ1) is 20.7. The summed E-state index contributed by atoms with van der Waals surface area (Å²) in [5, 5.41) is 11.0. The minimum absolute atomic E-state index is 0.194. The second-order valence-corrected chi connectivity index (χ2v) is 8.56. The molecule has 0 saturated carbocycles. The van der Waals surface area contributed by atoms with Crippen molar-refractivity contribution in [2.45, 2.75) is 32.4 Å². The van der Waals surface area contributed by atoms with Crippen LogP contribution in [0.5, 0.6) is 5.88 Å². The van der Waals surface area contributed by atoms with Crippen LogP contribution in [0.4, 0.5) is 0 Å². The van der Waals surface area contributed by atoms with E-state index in [0.717, 1.165) is 71.5 Å². The van der Waals surface area contributed by atoms with Gasteiger partial charge in [0.2, 0.25) is 5.88 Å². The van der Waals surface area contributed by atoms with Crippen LogP contribution in [0, 0.1) is 6.92 Å². The van der Waals surface area contributed by atoms with Crippen LogP contribution in [0.1, 0.15) is 24.1 Å². The Morgan fingerprint density at radius 1 is 1.06 bits per heavy atom. The molecule has 1 aliphatic rings. The molecule has 164 valence electrons. The summed E-state index contributed by atoms with van der Waals surface area (Å²) >= 11 is 0. The lowest BCUT2D eigenvalue weighted by Gasteiger charge is -2.29. The zero-order chi connectivity index (χ0) is 22.1. The molecule has 4 aromatic rings. The number of ether oxygens (including phenoxy) is 1. The van der Waals surface area contributed by atoms with Crippen LogP contribution in [0.2, 0.25) is 0 Å². The number of nitrogens with one attached hydrogen (secondary N) is 1. The number of hydrogen-bond acceptors (Lipinski definition) is 5. The van der Waals surface area contributed by atoms with Gasteiger partial charge in [-0.25, -0.2) is 9.97 Å². The number of nitrogens with zero attached hydrogens (tertiary/aromatic N) is 3. The van der Waals surface area contributed by atoms with Crippen LogP contribution in [-0.4, -0.2) is 51.3 Å². The summed E-state index contributed by atoms with van der Waals surface area (Å²) in [5.41, 5.74) is 7.57. The molecule has 0 spiro atoms. The van der Waals surface area contributed by atoms with Crippen LogP contribution in [-0.2, 0) is 6.54 Å². The molecule has 1 unspecified atom stereocenters. The number of hydrogen-bond donors (Lipinski definition) is 2. The molecule has 6 heteroatoms. The van der Waals surface area contributed by atoms with Crippen molar-refractivity contribution in [1.29, 1.82) is 0 Å². The number of H-pyrrole nitrogens is 1. The van der Waals surface area contributed by atoms with E-state index in [-0.39, 0.29) is 6.10 Å². The number of aliphatic hydroxyl groups is 1. The van der Waals surface area contributed by atoms with E-state index < -0.39 is 0 Å². The van der Waals surface area contributed by atoms with E-state index in [2.05, 4.69) is 57.1 Å². The van der Waals surface area contributed by atoms with E-state index in [1.165, 1.54) is 5.56 Å². The highest BCUT2D eigenvalue weighted by molar-refractivity contribution is 5.97. The van der Waals surface area contributed by atoms with Gasteiger partial charge in [0, 0.05) is 59.3 Å². The minimum Gasteiger partial charge on any atom is -0.481 e. The number of β-amino-alcohol motifs (C(OH)–C–C–N with tert-alkyl or cyclic N) is 1. The number of benzene rings is 1. The lowest BCUT2D eigenvalue weighted by Crippen LogP contribution is -2.37. The second-order valence-electron chi connectivity index (χ2n) is 8.56. The monoisotopic (exact) mass is 428 g/mol. The zero-order valence-corrected chi connectivity index (χ0v) is 18.5. The number of aromatic amines is 1. The third kappa shape index (κ3) is 4.11. The van der Waals surface area contributed by atoms with Gasteiger partial charge < -0.3 is 14.8 Å². The Kier molecular flexibility index (Phi) is 5.64. The van der Waals surface area contributed by atoms with Crippen LogP contribution in [0.25, 0.3) is 33.3 Å². The first-order valence-electron chi connectivity index (χ1n) is 11.1. The van der Waals surface area contributed by atoms with E-state index in [1.807, 2.05) is 24.5 Å². The molecule has 1 saturated heterocycles. The SMILES string of the molecule is COc1ccc(-c2c(C)[nH]c3ncc(-c4ccc(CN5CCCC(O)C5)cc4)cc23)cn1. The highest BCUT2D eigenvalue weighted by atomic mass is 16.5. The largest absolute Gasteiger partial charge is 0.481 e. The number of likely N-dealkylation sites (tertiary alicyclic amines) is 1. The molecule has 0 amide bonds. The van der Waals surface area contributed by atoms with E-state index in [4.69, 9.17) is 4.74 Å². The van der Waals surface area contributed by atoms with Gasteiger partial charge in [-0.15, -0.1) is 0 Å². The molecule has 6 nitrogen and oxygen atoms in total. The molecule has 5 rings (SSSR count). The molecule has 4 heterocycles. The normalized spacial score (nSPS) is 17.0. The van der Waals surface area contributed by atoms with Crippen molar-refractivity contribution in [2.75, 3.05) is 20.2 Å². The average Bonchev–Trinajstić information content (AvgIpc) is 3.14. The summed E-state index contributed by atoms with van der Waals surface area (Å²) in [5.74, 6) is 0.601. The lowest BCUT2D eigenvalue weighted by molar-refractivity contribution is 0.0668. The number of aliphatic hydroxyl groups excluding tert-OH is 1. The quantitative estimate of drug-likeness (QED) is 0.487.